The summed E-state index contributed by atoms with van der Waals surface area (Å²) in [5.41, 5.74) is 9.01. The summed E-state index contributed by atoms with van der Waals surface area (Å²) in [6.45, 7) is 0.845. The molecule has 4 heterocycles. The number of thioether (sulfide) groups is 1. The Labute approximate surface area is 129 Å². The fourth-order valence-corrected chi connectivity index (χ4v) is 5.08. The molecular weight excluding hydrogens is 282 g/mol. The Morgan fingerprint density at radius 1 is 1.48 bits per heavy atom. The molecule has 2 saturated heterocycles. The standard InChI is InChI=1S/C16H21N3OS/c17-15(13-10-18-19-6-2-1-3-14(13)19)12-4-7-20-16(9-12)5-8-21-11-16/h1-3,6,10,12,15H,4-5,7-9,11,17H2. The number of nitrogens with zero attached hydrogens (tertiary/aromatic N) is 2. The number of hydrogen-bond acceptors (Lipinski definition) is 4. The van der Waals surface area contributed by atoms with Gasteiger partial charge >= 0.3 is 0 Å². The zero-order valence-corrected chi connectivity index (χ0v) is 12.9. The summed E-state index contributed by atoms with van der Waals surface area (Å²) in [6, 6.07) is 6.19. The maximum atomic E-state index is 6.62. The van der Waals surface area contributed by atoms with Crippen molar-refractivity contribution in [2.45, 2.75) is 30.9 Å². The maximum absolute atomic E-state index is 6.62. The number of ether oxygens (including phenoxy) is 1. The van der Waals surface area contributed by atoms with Gasteiger partial charge in [-0.1, -0.05) is 6.07 Å². The van der Waals surface area contributed by atoms with Crippen LogP contribution in [0.4, 0.5) is 0 Å². The van der Waals surface area contributed by atoms with Gasteiger partial charge in [0.05, 0.1) is 17.3 Å². The first-order valence-electron chi connectivity index (χ1n) is 7.67. The van der Waals surface area contributed by atoms with Crippen molar-refractivity contribution in [3.63, 3.8) is 0 Å². The van der Waals surface area contributed by atoms with E-state index in [1.807, 2.05) is 40.8 Å². The van der Waals surface area contributed by atoms with E-state index in [2.05, 4.69) is 11.2 Å². The molecule has 4 nitrogen and oxygen atoms in total. The molecule has 3 atom stereocenters. The van der Waals surface area contributed by atoms with Gasteiger partial charge in [0.1, 0.15) is 0 Å². The molecule has 0 radical (unpaired) electrons. The molecule has 0 aromatic carbocycles. The highest BCUT2D eigenvalue weighted by Gasteiger charge is 2.42. The Kier molecular flexibility index (Phi) is 3.44. The average molecular weight is 303 g/mol. The van der Waals surface area contributed by atoms with Crippen LogP contribution >= 0.6 is 11.8 Å². The fraction of sp³-hybridized carbons (Fsp3) is 0.562. The molecule has 0 amide bonds. The van der Waals surface area contributed by atoms with Gasteiger partial charge < -0.3 is 10.5 Å². The van der Waals surface area contributed by atoms with Crippen molar-refractivity contribution in [2.75, 3.05) is 18.1 Å². The normalized spacial score (nSPS) is 31.0. The molecule has 0 aliphatic carbocycles. The third-order valence-electron chi connectivity index (χ3n) is 4.92. The lowest BCUT2D eigenvalue weighted by molar-refractivity contribution is -0.0833. The fourth-order valence-electron chi connectivity index (χ4n) is 3.70. The van der Waals surface area contributed by atoms with Gasteiger partial charge in [0, 0.05) is 30.2 Å². The lowest BCUT2D eigenvalue weighted by atomic mass is 9.79. The third-order valence-corrected chi connectivity index (χ3v) is 6.14. The highest BCUT2D eigenvalue weighted by Crippen LogP contribution is 2.43. The highest BCUT2D eigenvalue weighted by atomic mass is 32.2. The van der Waals surface area contributed by atoms with Crippen LogP contribution in [0.15, 0.2) is 30.6 Å². The molecule has 0 bridgehead atoms. The van der Waals surface area contributed by atoms with Crippen molar-refractivity contribution >= 4 is 17.3 Å². The summed E-state index contributed by atoms with van der Waals surface area (Å²) in [7, 11) is 0. The molecule has 4 rings (SSSR count). The van der Waals surface area contributed by atoms with E-state index in [0.29, 0.717) is 5.92 Å². The van der Waals surface area contributed by atoms with Gasteiger partial charge in [0.15, 0.2) is 0 Å². The summed E-state index contributed by atoms with van der Waals surface area (Å²) in [4.78, 5) is 0. The molecule has 112 valence electrons. The number of nitrogens with two attached hydrogens (primary N) is 1. The third kappa shape index (κ3) is 2.37. The van der Waals surface area contributed by atoms with E-state index in [4.69, 9.17) is 10.5 Å². The molecule has 1 spiro atoms. The van der Waals surface area contributed by atoms with Crippen molar-refractivity contribution < 1.29 is 4.74 Å². The van der Waals surface area contributed by atoms with E-state index in [1.54, 1.807) is 0 Å². The summed E-state index contributed by atoms with van der Waals surface area (Å²) in [5.74, 6) is 2.84. The van der Waals surface area contributed by atoms with Crippen LogP contribution in [-0.4, -0.2) is 33.3 Å². The van der Waals surface area contributed by atoms with Crippen LogP contribution < -0.4 is 5.73 Å². The van der Waals surface area contributed by atoms with Crippen LogP contribution in [0, 0.1) is 5.92 Å². The predicted octanol–water partition coefficient (Wildman–Crippen LogP) is 2.64. The van der Waals surface area contributed by atoms with Crippen LogP contribution in [0.3, 0.4) is 0 Å². The second-order valence-corrected chi connectivity index (χ2v) is 7.35. The largest absolute Gasteiger partial charge is 0.374 e. The molecule has 21 heavy (non-hydrogen) atoms. The molecule has 2 aliphatic rings. The number of pyridine rings is 1. The Morgan fingerprint density at radius 3 is 3.29 bits per heavy atom. The molecule has 0 saturated carbocycles. The van der Waals surface area contributed by atoms with Gasteiger partial charge in [-0.2, -0.15) is 16.9 Å². The SMILES string of the molecule is NC(c1cnn2ccccc12)C1CCOC2(CCSC2)C1. The van der Waals surface area contributed by atoms with Gasteiger partial charge in [-0.05, 0) is 43.1 Å². The van der Waals surface area contributed by atoms with Gasteiger partial charge in [0.2, 0.25) is 0 Å². The van der Waals surface area contributed by atoms with Crippen LogP contribution in [0.2, 0.25) is 0 Å². The zero-order chi connectivity index (χ0) is 14.3. The van der Waals surface area contributed by atoms with Gasteiger partial charge in [-0.25, -0.2) is 4.52 Å². The summed E-state index contributed by atoms with van der Waals surface area (Å²) in [6.07, 6.45) is 7.23. The Hall–Kier alpha value is -1.04. The first kappa shape index (κ1) is 13.6. The van der Waals surface area contributed by atoms with E-state index in [0.717, 1.165) is 30.7 Å². The number of aromatic nitrogens is 2. The molecular formula is C16H21N3OS. The summed E-state index contributed by atoms with van der Waals surface area (Å²) >= 11 is 2.01. The van der Waals surface area contributed by atoms with E-state index in [1.165, 1.54) is 17.7 Å². The first-order chi connectivity index (χ1) is 10.3. The maximum Gasteiger partial charge on any atom is 0.0783 e. The second-order valence-electron chi connectivity index (χ2n) is 6.24. The Balaban J connectivity index is 1.60. The molecule has 2 aromatic heterocycles. The molecule has 3 unspecified atom stereocenters. The summed E-state index contributed by atoms with van der Waals surface area (Å²) in [5, 5.41) is 4.42. The van der Waals surface area contributed by atoms with E-state index >= 15 is 0 Å². The number of fused-ring (bicyclic) bond motifs is 1. The Bertz CT molecular complexity index is 635. The van der Waals surface area contributed by atoms with Crippen molar-refractivity contribution in [1.82, 2.24) is 9.61 Å². The van der Waals surface area contributed by atoms with Crippen molar-refractivity contribution in [3.8, 4) is 0 Å². The zero-order valence-electron chi connectivity index (χ0n) is 12.1. The molecule has 2 fully saturated rings. The first-order valence-corrected chi connectivity index (χ1v) is 8.82. The summed E-state index contributed by atoms with van der Waals surface area (Å²) < 4.78 is 8.03. The topological polar surface area (TPSA) is 52.5 Å². The number of rotatable bonds is 2. The van der Waals surface area contributed by atoms with Crippen LogP contribution in [-0.2, 0) is 4.74 Å². The minimum absolute atomic E-state index is 0.0521. The van der Waals surface area contributed by atoms with Crippen LogP contribution in [0.5, 0.6) is 0 Å². The molecule has 5 heteroatoms. The minimum Gasteiger partial charge on any atom is -0.374 e. The van der Waals surface area contributed by atoms with Crippen LogP contribution in [0.25, 0.3) is 5.52 Å². The van der Waals surface area contributed by atoms with Gasteiger partial charge in [-0.15, -0.1) is 0 Å². The van der Waals surface area contributed by atoms with Crippen LogP contribution in [0.1, 0.15) is 30.9 Å². The van der Waals surface area contributed by atoms with Crippen molar-refractivity contribution in [2.24, 2.45) is 11.7 Å². The highest BCUT2D eigenvalue weighted by molar-refractivity contribution is 7.99. The minimum atomic E-state index is 0.0521. The lowest BCUT2D eigenvalue weighted by Gasteiger charge is -2.39. The van der Waals surface area contributed by atoms with E-state index in [-0.39, 0.29) is 11.6 Å². The molecule has 2 N–H and O–H groups in total. The smallest absolute Gasteiger partial charge is 0.0783 e. The van der Waals surface area contributed by atoms with Gasteiger partial charge in [0.25, 0.3) is 0 Å². The molecule has 2 aliphatic heterocycles. The van der Waals surface area contributed by atoms with Gasteiger partial charge in [-0.3, -0.25) is 0 Å². The lowest BCUT2D eigenvalue weighted by Crippen LogP contribution is -2.42. The molecule has 2 aromatic rings. The second kappa shape index (κ2) is 5.30. The van der Waals surface area contributed by atoms with E-state index < -0.39 is 0 Å². The van der Waals surface area contributed by atoms with Crippen molar-refractivity contribution in [3.05, 3.63) is 36.2 Å². The number of hydrogen-bond donors (Lipinski definition) is 1. The Morgan fingerprint density at radius 2 is 2.43 bits per heavy atom. The predicted molar refractivity (Wildman–Crippen MR) is 85.5 cm³/mol. The van der Waals surface area contributed by atoms with Crippen molar-refractivity contribution in [1.29, 1.82) is 0 Å². The quantitative estimate of drug-likeness (QED) is 0.926. The average Bonchev–Trinajstić information content (AvgIpc) is 3.14. The van der Waals surface area contributed by atoms with E-state index in [9.17, 15) is 0 Å². The monoisotopic (exact) mass is 303 g/mol.